The Morgan fingerprint density at radius 1 is 1.32 bits per heavy atom. The van der Waals surface area contributed by atoms with Gasteiger partial charge in [0.2, 0.25) is 5.89 Å². The van der Waals surface area contributed by atoms with Crippen LogP contribution in [0.4, 0.5) is 5.69 Å². The minimum atomic E-state index is 0.308. The highest BCUT2D eigenvalue weighted by Gasteiger charge is 2.25. The van der Waals surface area contributed by atoms with E-state index < -0.39 is 0 Å². The Hall–Kier alpha value is -1.97. The Labute approximate surface area is 113 Å². The number of hydrogen-bond donors (Lipinski definition) is 0. The fraction of sp³-hybridized carbons (Fsp3) is 0.400. The first-order valence-electron chi connectivity index (χ1n) is 6.56. The summed E-state index contributed by atoms with van der Waals surface area (Å²) in [6.07, 6.45) is 0. The van der Waals surface area contributed by atoms with E-state index in [1.807, 2.05) is 32.0 Å². The van der Waals surface area contributed by atoms with Crippen molar-refractivity contribution in [2.75, 3.05) is 11.5 Å². The van der Waals surface area contributed by atoms with E-state index in [4.69, 9.17) is 9.15 Å². The molecule has 2 heterocycles. The van der Waals surface area contributed by atoms with Crippen LogP contribution in [-0.2, 0) is 6.54 Å². The van der Waals surface area contributed by atoms with Gasteiger partial charge in [-0.3, -0.25) is 0 Å². The smallest absolute Gasteiger partial charge is 0.214 e. The average molecular weight is 258 g/mol. The molecule has 19 heavy (non-hydrogen) atoms. The number of aromatic nitrogens is 1. The maximum Gasteiger partial charge on any atom is 0.214 e. The van der Waals surface area contributed by atoms with Crippen LogP contribution in [0, 0.1) is 13.8 Å². The number of aryl methyl sites for hydroxylation is 2. The van der Waals surface area contributed by atoms with Crippen LogP contribution in [0.2, 0.25) is 0 Å². The lowest BCUT2D eigenvalue weighted by molar-refractivity contribution is 0.265. The Kier molecular flexibility index (Phi) is 2.93. The molecule has 1 aliphatic heterocycles. The summed E-state index contributed by atoms with van der Waals surface area (Å²) in [5, 5.41) is 0. The summed E-state index contributed by atoms with van der Waals surface area (Å²) in [5.74, 6) is 2.59. The van der Waals surface area contributed by atoms with Crippen molar-refractivity contribution in [2.45, 2.75) is 33.4 Å². The van der Waals surface area contributed by atoms with Gasteiger partial charge in [0.1, 0.15) is 18.1 Å². The van der Waals surface area contributed by atoms with E-state index >= 15 is 0 Å². The summed E-state index contributed by atoms with van der Waals surface area (Å²) >= 11 is 0. The minimum Gasteiger partial charge on any atom is -0.489 e. The van der Waals surface area contributed by atoms with E-state index in [0.717, 1.165) is 28.8 Å². The minimum absolute atomic E-state index is 0.308. The molecular formula is C15H18N2O2. The van der Waals surface area contributed by atoms with Crippen LogP contribution in [0.1, 0.15) is 24.3 Å². The zero-order valence-corrected chi connectivity index (χ0v) is 11.5. The lowest BCUT2D eigenvalue weighted by Gasteiger charge is -2.35. The van der Waals surface area contributed by atoms with Gasteiger partial charge in [-0.05, 0) is 32.9 Å². The Morgan fingerprint density at radius 3 is 2.84 bits per heavy atom. The highest BCUT2D eigenvalue weighted by atomic mass is 16.5. The monoisotopic (exact) mass is 258 g/mol. The van der Waals surface area contributed by atoms with Crippen LogP contribution in [0.3, 0.4) is 0 Å². The fourth-order valence-electron chi connectivity index (χ4n) is 2.35. The predicted octanol–water partition coefficient (Wildman–Crippen LogP) is 3.08. The number of ether oxygens (including phenoxy) is 1. The topological polar surface area (TPSA) is 38.5 Å². The predicted molar refractivity (Wildman–Crippen MR) is 73.6 cm³/mol. The van der Waals surface area contributed by atoms with Gasteiger partial charge in [0.05, 0.1) is 24.0 Å². The van der Waals surface area contributed by atoms with Crippen LogP contribution in [0.25, 0.3) is 0 Å². The number of hydrogen-bond acceptors (Lipinski definition) is 4. The number of oxazole rings is 1. The van der Waals surface area contributed by atoms with Crippen molar-refractivity contribution < 1.29 is 9.15 Å². The van der Waals surface area contributed by atoms with E-state index in [2.05, 4.69) is 22.9 Å². The molecule has 0 radical (unpaired) electrons. The fourth-order valence-corrected chi connectivity index (χ4v) is 2.35. The number of fused-ring (bicyclic) bond motifs is 1. The molecule has 0 fully saturated rings. The Balaban J connectivity index is 1.91. The largest absolute Gasteiger partial charge is 0.489 e. The highest BCUT2D eigenvalue weighted by molar-refractivity contribution is 5.60. The van der Waals surface area contributed by atoms with Gasteiger partial charge in [0.25, 0.3) is 0 Å². The standard InChI is InChI=1S/C15H18N2O2/c1-10-9-18-14-7-5-4-6-13(14)17(10)8-15-16-11(2)12(3)19-15/h4-7,10H,8-9H2,1-3H3/t10-/m0/s1. The summed E-state index contributed by atoms with van der Waals surface area (Å²) in [7, 11) is 0. The third kappa shape index (κ3) is 2.18. The molecule has 4 nitrogen and oxygen atoms in total. The van der Waals surface area contributed by atoms with Crippen LogP contribution < -0.4 is 9.64 Å². The summed E-state index contributed by atoms with van der Waals surface area (Å²) in [4.78, 5) is 6.74. The molecule has 1 aromatic heterocycles. The molecule has 100 valence electrons. The molecule has 0 saturated heterocycles. The van der Waals surface area contributed by atoms with Crippen molar-refractivity contribution in [3.63, 3.8) is 0 Å². The molecule has 0 aliphatic carbocycles. The summed E-state index contributed by atoms with van der Waals surface area (Å²) in [6.45, 7) is 7.44. The second-order valence-corrected chi connectivity index (χ2v) is 5.00. The summed E-state index contributed by atoms with van der Waals surface area (Å²) < 4.78 is 11.4. The van der Waals surface area contributed by atoms with Gasteiger partial charge < -0.3 is 14.1 Å². The van der Waals surface area contributed by atoms with Crippen LogP contribution in [0.5, 0.6) is 5.75 Å². The molecule has 2 aromatic rings. The van der Waals surface area contributed by atoms with Crippen molar-refractivity contribution >= 4 is 5.69 Å². The number of benzene rings is 1. The van der Waals surface area contributed by atoms with Gasteiger partial charge in [-0.15, -0.1) is 0 Å². The van der Waals surface area contributed by atoms with Crippen LogP contribution in [0.15, 0.2) is 28.7 Å². The van der Waals surface area contributed by atoms with Crippen LogP contribution in [-0.4, -0.2) is 17.6 Å². The van der Waals surface area contributed by atoms with Gasteiger partial charge in [-0.2, -0.15) is 0 Å². The maximum atomic E-state index is 5.74. The van der Waals surface area contributed by atoms with Crippen LogP contribution >= 0.6 is 0 Å². The van der Waals surface area contributed by atoms with E-state index in [1.165, 1.54) is 0 Å². The average Bonchev–Trinajstić information content (AvgIpc) is 2.72. The van der Waals surface area contributed by atoms with Crippen molar-refractivity contribution in [3.8, 4) is 5.75 Å². The van der Waals surface area contributed by atoms with Gasteiger partial charge in [0, 0.05) is 0 Å². The SMILES string of the molecule is Cc1nc(CN2c3ccccc3OC[C@@H]2C)oc1C. The normalized spacial score (nSPS) is 18.1. The molecule has 1 aromatic carbocycles. The number of nitrogens with zero attached hydrogens (tertiary/aromatic N) is 2. The first-order valence-corrected chi connectivity index (χ1v) is 6.56. The lowest BCUT2D eigenvalue weighted by Crippen LogP contribution is -2.40. The van der Waals surface area contributed by atoms with E-state index in [1.54, 1.807) is 0 Å². The molecular weight excluding hydrogens is 240 g/mol. The van der Waals surface area contributed by atoms with Gasteiger partial charge in [-0.1, -0.05) is 12.1 Å². The molecule has 0 amide bonds. The molecule has 0 saturated carbocycles. The molecule has 0 spiro atoms. The number of para-hydroxylation sites is 2. The molecule has 0 bridgehead atoms. The second-order valence-electron chi connectivity index (χ2n) is 5.00. The summed E-state index contributed by atoms with van der Waals surface area (Å²) in [6, 6.07) is 8.40. The lowest BCUT2D eigenvalue weighted by atomic mass is 10.1. The third-order valence-corrected chi connectivity index (χ3v) is 3.57. The molecule has 3 rings (SSSR count). The van der Waals surface area contributed by atoms with E-state index in [9.17, 15) is 0 Å². The number of anilines is 1. The second kappa shape index (κ2) is 4.61. The summed E-state index contributed by atoms with van der Waals surface area (Å²) in [5.41, 5.74) is 2.07. The van der Waals surface area contributed by atoms with E-state index in [0.29, 0.717) is 19.2 Å². The maximum absolute atomic E-state index is 5.74. The molecule has 1 aliphatic rings. The molecule has 1 atom stereocenters. The first kappa shape index (κ1) is 12.1. The van der Waals surface area contributed by atoms with E-state index in [-0.39, 0.29) is 0 Å². The molecule has 0 unspecified atom stereocenters. The first-order chi connectivity index (χ1) is 9.15. The zero-order valence-electron chi connectivity index (χ0n) is 11.5. The molecule has 4 heteroatoms. The van der Waals surface area contributed by atoms with Gasteiger partial charge in [-0.25, -0.2) is 4.98 Å². The highest BCUT2D eigenvalue weighted by Crippen LogP contribution is 2.34. The number of rotatable bonds is 2. The third-order valence-electron chi connectivity index (χ3n) is 3.57. The Morgan fingerprint density at radius 2 is 2.11 bits per heavy atom. The molecule has 0 N–H and O–H groups in total. The van der Waals surface area contributed by atoms with Crippen molar-refractivity contribution in [1.82, 2.24) is 4.98 Å². The quantitative estimate of drug-likeness (QED) is 0.829. The van der Waals surface area contributed by atoms with Gasteiger partial charge >= 0.3 is 0 Å². The Bertz CT molecular complexity index is 572. The van der Waals surface area contributed by atoms with Gasteiger partial charge in [0.15, 0.2) is 0 Å². The van der Waals surface area contributed by atoms with Crippen molar-refractivity contribution in [3.05, 3.63) is 41.6 Å². The zero-order chi connectivity index (χ0) is 13.4. The van der Waals surface area contributed by atoms with Crippen molar-refractivity contribution in [1.29, 1.82) is 0 Å². The van der Waals surface area contributed by atoms with Crippen molar-refractivity contribution in [2.24, 2.45) is 0 Å².